The molecule has 0 atom stereocenters. The van der Waals surface area contributed by atoms with Gasteiger partial charge in [-0.05, 0) is 52.8 Å². The van der Waals surface area contributed by atoms with Crippen LogP contribution in [0.15, 0.2) is 54.7 Å². The Bertz CT molecular complexity index is 979. The van der Waals surface area contributed by atoms with Crippen LogP contribution in [0.4, 0.5) is 0 Å². The molecule has 2 aromatic carbocycles. The summed E-state index contributed by atoms with van der Waals surface area (Å²) in [5, 5.41) is 0. The summed E-state index contributed by atoms with van der Waals surface area (Å²) in [7, 11) is 2.14. The van der Waals surface area contributed by atoms with Crippen LogP contribution in [0.25, 0.3) is 22.4 Å². The van der Waals surface area contributed by atoms with E-state index in [0.717, 1.165) is 6.42 Å². The first-order chi connectivity index (χ1) is 12.0. The number of aryl methyl sites for hydroxylation is 3. The zero-order valence-corrected chi connectivity index (χ0v) is 15.9. The van der Waals surface area contributed by atoms with Crippen molar-refractivity contribution < 1.29 is 4.57 Å². The van der Waals surface area contributed by atoms with Crippen LogP contribution < -0.4 is 4.57 Å². The minimum atomic E-state index is 0.0139. The molecule has 1 aliphatic rings. The predicted octanol–water partition coefficient (Wildman–Crippen LogP) is 5.36. The molecule has 3 aromatic rings. The van der Waals surface area contributed by atoms with Crippen molar-refractivity contribution in [1.82, 2.24) is 0 Å². The number of aromatic nitrogens is 1. The van der Waals surface area contributed by atoms with Crippen LogP contribution in [0.2, 0.25) is 0 Å². The zero-order valence-electron chi connectivity index (χ0n) is 15.9. The smallest absolute Gasteiger partial charge is 0.201 e. The van der Waals surface area contributed by atoms with Crippen molar-refractivity contribution in [3.05, 3.63) is 77.0 Å². The topological polar surface area (TPSA) is 3.88 Å². The fourth-order valence-corrected chi connectivity index (χ4v) is 4.55. The second kappa shape index (κ2) is 5.56. The lowest BCUT2D eigenvalue weighted by Gasteiger charge is -2.24. The first-order valence-corrected chi connectivity index (χ1v) is 9.18. The highest BCUT2D eigenvalue weighted by molar-refractivity contribution is 5.89. The molecule has 1 aromatic heterocycles. The third-order valence-corrected chi connectivity index (χ3v) is 5.82. The van der Waals surface area contributed by atoms with Crippen LogP contribution >= 0.6 is 0 Å². The van der Waals surface area contributed by atoms with Crippen LogP contribution in [-0.2, 0) is 18.9 Å². The molecule has 1 heterocycles. The van der Waals surface area contributed by atoms with Gasteiger partial charge in [0.2, 0.25) is 5.69 Å². The maximum Gasteiger partial charge on any atom is 0.212 e. The van der Waals surface area contributed by atoms with Gasteiger partial charge in [0, 0.05) is 17.5 Å². The van der Waals surface area contributed by atoms with Crippen molar-refractivity contribution in [2.24, 2.45) is 7.05 Å². The minimum Gasteiger partial charge on any atom is -0.201 e. The monoisotopic (exact) mass is 328 g/mol. The average Bonchev–Trinajstić information content (AvgIpc) is 2.84. The van der Waals surface area contributed by atoms with Crippen LogP contribution in [0.5, 0.6) is 0 Å². The first kappa shape index (κ1) is 16.1. The van der Waals surface area contributed by atoms with Crippen LogP contribution in [0, 0.1) is 6.92 Å². The quantitative estimate of drug-likeness (QED) is 0.558. The van der Waals surface area contributed by atoms with E-state index in [4.69, 9.17) is 0 Å². The molecular weight excluding hydrogens is 302 g/mol. The molecule has 0 aliphatic heterocycles. The van der Waals surface area contributed by atoms with Gasteiger partial charge in [-0.1, -0.05) is 51.1 Å². The Morgan fingerprint density at radius 2 is 1.72 bits per heavy atom. The number of benzene rings is 2. The van der Waals surface area contributed by atoms with Crippen LogP contribution in [0.3, 0.4) is 0 Å². The number of hydrogen-bond acceptors (Lipinski definition) is 0. The molecule has 0 radical (unpaired) electrons. The molecule has 0 amide bonds. The van der Waals surface area contributed by atoms with Gasteiger partial charge in [0.1, 0.15) is 7.05 Å². The molecule has 0 saturated heterocycles. The molecular formula is C24H26N+. The van der Waals surface area contributed by atoms with E-state index in [1.807, 2.05) is 0 Å². The van der Waals surface area contributed by atoms with E-state index in [-0.39, 0.29) is 5.41 Å². The standard InChI is InChI=1S/C24H26N/c1-6-17-10-9-11-19-22(17)18-14-13-16(2)21(23(18)24(19,3)4)20-12-7-8-15-25(20)5/h7-15H,6H2,1-5H3/q+1. The van der Waals surface area contributed by atoms with Gasteiger partial charge in [-0.2, -0.15) is 0 Å². The van der Waals surface area contributed by atoms with Gasteiger partial charge in [0.15, 0.2) is 6.20 Å². The van der Waals surface area contributed by atoms with Gasteiger partial charge < -0.3 is 0 Å². The summed E-state index contributed by atoms with van der Waals surface area (Å²) in [6.45, 7) is 9.25. The Morgan fingerprint density at radius 1 is 0.920 bits per heavy atom. The second-order valence-corrected chi connectivity index (χ2v) is 7.70. The normalized spacial score (nSPS) is 14.3. The summed E-state index contributed by atoms with van der Waals surface area (Å²) in [4.78, 5) is 0. The fourth-order valence-electron chi connectivity index (χ4n) is 4.55. The highest BCUT2D eigenvalue weighted by Crippen LogP contribution is 2.53. The van der Waals surface area contributed by atoms with E-state index in [2.05, 4.69) is 94.0 Å². The van der Waals surface area contributed by atoms with Crippen molar-refractivity contribution in [2.45, 2.75) is 39.5 Å². The molecule has 0 fully saturated rings. The van der Waals surface area contributed by atoms with E-state index < -0.39 is 0 Å². The van der Waals surface area contributed by atoms with Crippen LogP contribution in [0.1, 0.15) is 43.0 Å². The Labute approximate surface area is 151 Å². The summed E-state index contributed by atoms with van der Waals surface area (Å²) in [5.74, 6) is 0. The maximum absolute atomic E-state index is 2.38. The Balaban J connectivity index is 2.13. The zero-order chi connectivity index (χ0) is 17.8. The number of fused-ring (bicyclic) bond motifs is 3. The molecule has 126 valence electrons. The molecule has 4 rings (SSSR count). The predicted molar refractivity (Wildman–Crippen MR) is 105 cm³/mol. The lowest BCUT2D eigenvalue weighted by molar-refractivity contribution is -0.660. The summed E-state index contributed by atoms with van der Waals surface area (Å²) in [6, 6.07) is 17.9. The van der Waals surface area contributed by atoms with Crippen molar-refractivity contribution in [1.29, 1.82) is 0 Å². The molecule has 25 heavy (non-hydrogen) atoms. The maximum atomic E-state index is 2.38. The molecule has 0 unspecified atom stereocenters. The SMILES string of the molecule is CCc1cccc2c1-c1ccc(C)c(-c3cccc[n+]3C)c1C2(C)C. The minimum absolute atomic E-state index is 0.0139. The summed E-state index contributed by atoms with van der Waals surface area (Å²) < 4.78 is 2.24. The molecule has 1 heteroatoms. The number of hydrogen-bond donors (Lipinski definition) is 0. The van der Waals surface area contributed by atoms with Crippen LogP contribution in [-0.4, -0.2) is 0 Å². The molecule has 0 bridgehead atoms. The highest BCUT2D eigenvalue weighted by Gasteiger charge is 2.40. The Hall–Kier alpha value is -2.41. The molecule has 1 aliphatic carbocycles. The Morgan fingerprint density at radius 3 is 2.44 bits per heavy atom. The second-order valence-electron chi connectivity index (χ2n) is 7.70. The van der Waals surface area contributed by atoms with Gasteiger partial charge in [0.05, 0.1) is 5.56 Å². The van der Waals surface area contributed by atoms with Crippen molar-refractivity contribution >= 4 is 0 Å². The van der Waals surface area contributed by atoms with E-state index in [9.17, 15) is 0 Å². The Kier molecular flexibility index (Phi) is 3.57. The van der Waals surface area contributed by atoms with Gasteiger partial charge >= 0.3 is 0 Å². The number of rotatable bonds is 2. The lowest BCUT2D eigenvalue weighted by atomic mass is 9.78. The van der Waals surface area contributed by atoms with E-state index >= 15 is 0 Å². The van der Waals surface area contributed by atoms with Crippen molar-refractivity contribution in [3.63, 3.8) is 0 Å². The molecule has 0 N–H and O–H groups in total. The first-order valence-electron chi connectivity index (χ1n) is 9.18. The van der Waals surface area contributed by atoms with Gasteiger partial charge in [0.25, 0.3) is 0 Å². The van der Waals surface area contributed by atoms with E-state index in [0.29, 0.717) is 0 Å². The third-order valence-electron chi connectivity index (χ3n) is 5.82. The van der Waals surface area contributed by atoms with E-state index in [1.54, 1.807) is 0 Å². The van der Waals surface area contributed by atoms with Gasteiger partial charge in [-0.3, -0.25) is 0 Å². The van der Waals surface area contributed by atoms with Gasteiger partial charge in [-0.25, -0.2) is 4.57 Å². The fraction of sp³-hybridized carbons (Fsp3) is 0.292. The lowest BCUT2D eigenvalue weighted by Crippen LogP contribution is -2.31. The van der Waals surface area contributed by atoms with Crippen molar-refractivity contribution in [3.8, 4) is 22.4 Å². The van der Waals surface area contributed by atoms with Crippen molar-refractivity contribution in [2.75, 3.05) is 0 Å². The highest BCUT2D eigenvalue weighted by atomic mass is 14.9. The molecule has 0 saturated carbocycles. The molecule has 0 spiro atoms. The summed E-state index contributed by atoms with van der Waals surface area (Å²) >= 11 is 0. The number of pyridine rings is 1. The summed E-state index contributed by atoms with van der Waals surface area (Å²) in [6.07, 6.45) is 3.21. The number of nitrogens with zero attached hydrogens (tertiary/aromatic N) is 1. The summed E-state index contributed by atoms with van der Waals surface area (Å²) in [5.41, 5.74) is 11.3. The third kappa shape index (κ3) is 2.18. The molecule has 1 nitrogen and oxygen atoms in total. The van der Waals surface area contributed by atoms with Gasteiger partial charge in [-0.15, -0.1) is 0 Å². The largest absolute Gasteiger partial charge is 0.212 e. The average molecular weight is 328 g/mol. The van der Waals surface area contributed by atoms with E-state index in [1.165, 1.54) is 44.6 Å².